The summed E-state index contributed by atoms with van der Waals surface area (Å²) in [6.45, 7) is 7.94. The predicted octanol–water partition coefficient (Wildman–Crippen LogP) is 0.665. The van der Waals surface area contributed by atoms with E-state index in [9.17, 15) is 4.79 Å². The molecule has 0 bridgehead atoms. The largest absolute Gasteiger partial charge is 0.337 e. The summed E-state index contributed by atoms with van der Waals surface area (Å²) in [5.41, 5.74) is 5.66. The fourth-order valence-electron chi connectivity index (χ4n) is 2.12. The fraction of sp³-hybridized carbons (Fsp3) is 0.917. The summed E-state index contributed by atoms with van der Waals surface area (Å²) in [5.74, 6) is 0.0969. The number of nitrogens with two attached hydrogens (primary N) is 1. The summed E-state index contributed by atoms with van der Waals surface area (Å²) < 4.78 is 0. The smallest absolute Gasteiger partial charge is 0.239 e. The lowest BCUT2D eigenvalue weighted by molar-refractivity contribution is -0.133. The number of carbonyl (C=O) groups is 1. The van der Waals surface area contributed by atoms with Crippen molar-refractivity contribution < 1.29 is 4.79 Å². The molecule has 1 aliphatic rings. The van der Waals surface area contributed by atoms with Crippen LogP contribution in [0.1, 0.15) is 33.6 Å². The first-order valence-corrected chi connectivity index (χ1v) is 6.19. The van der Waals surface area contributed by atoms with Gasteiger partial charge in [-0.25, -0.2) is 0 Å². The standard InChI is InChI=1S/C12H25N3O/c1-9(2)14(4)8-11-6-5-7-15(11)12(16)10(3)13/h9-11H,5-8,13H2,1-4H3/t10-,11?/m0/s1. The van der Waals surface area contributed by atoms with Crippen LogP contribution in [0, 0.1) is 0 Å². The van der Waals surface area contributed by atoms with E-state index >= 15 is 0 Å². The van der Waals surface area contributed by atoms with Crippen molar-refractivity contribution in [3.05, 3.63) is 0 Å². The average Bonchev–Trinajstić information content (AvgIpc) is 2.64. The van der Waals surface area contributed by atoms with E-state index in [1.165, 1.54) is 0 Å². The van der Waals surface area contributed by atoms with Crippen molar-refractivity contribution >= 4 is 5.91 Å². The van der Waals surface area contributed by atoms with Crippen LogP contribution >= 0.6 is 0 Å². The lowest BCUT2D eigenvalue weighted by Gasteiger charge is -2.31. The van der Waals surface area contributed by atoms with E-state index in [1.54, 1.807) is 6.92 Å². The number of likely N-dealkylation sites (tertiary alicyclic amines) is 1. The SMILES string of the molecule is CC(C)N(C)CC1CCCN1C(=O)[C@H](C)N. The third kappa shape index (κ3) is 3.19. The Kier molecular flexibility index (Phi) is 4.74. The average molecular weight is 227 g/mol. The lowest BCUT2D eigenvalue weighted by atomic mass is 10.2. The molecular formula is C12H25N3O. The molecule has 1 rings (SSSR count). The van der Waals surface area contributed by atoms with Gasteiger partial charge in [0.2, 0.25) is 5.91 Å². The fourth-order valence-corrected chi connectivity index (χ4v) is 2.12. The summed E-state index contributed by atoms with van der Waals surface area (Å²) in [6, 6.07) is 0.503. The van der Waals surface area contributed by atoms with Crippen LogP contribution in [0.25, 0.3) is 0 Å². The van der Waals surface area contributed by atoms with Gasteiger partial charge in [-0.3, -0.25) is 4.79 Å². The molecule has 94 valence electrons. The molecule has 1 heterocycles. The lowest BCUT2D eigenvalue weighted by Crippen LogP contribution is -2.48. The van der Waals surface area contributed by atoms with Crippen LogP contribution in [0.5, 0.6) is 0 Å². The van der Waals surface area contributed by atoms with Gasteiger partial charge in [0.1, 0.15) is 0 Å². The summed E-state index contributed by atoms with van der Waals surface area (Å²) in [4.78, 5) is 16.1. The van der Waals surface area contributed by atoms with Gasteiger partial charge in [-0.05, 0) is 40.7 Å². The van der Waals surface area contributed by atoms with E-state index in [-0.39, 0.29) is 11.9 Å². The molecular weight excluding hydrogens is 202 g/mol. The van der Waals surface area contributed by atoms with Crippen LogP contribution in [0.3, 0.4) is 0 Å². The molecule has 1 saturated heterocycles. The van der Waals surface area contributed by atoms with Crippen LogP contribution in [-0.2, 0) is 4.79 Å². The maximum atomic E-state index is 11.9. The van der Waals surface area contributed by atoms with Gasteiger partial charge in [0.05, 0.1) is 6.04 Å². The number of rotatable bonds is 4. The quantitative estimate of drug-likeness (QED) is 0.768. The van der Waals surface area contributed by atoms with E-state index in [4.69, 9.17) is 5.73 Å². The summed E-state index contributed by atoms with van der Waals surface area (Å²) >= 11 is 0. The van der Waals surface area contributed by atoms with Gasteiger partial charge in [0.15, 0.2) is 0 Å². The zero-order chi connectivity index (χ0) is 12.3. The first kappa shape index (κ1) is 13.5. The van der Waals surface area contributed by atoms with Gasteiger partial charge in [0.25, 0.3) is 0 Å². The van der Waals surface area contributed by atoms with E-state index < -0.39 is 0 Å². The van der Waals surface area contributed by atoms with E-state index in [2.05, 4.69) is 25.8 Å². The zero-order valence-electron chi connectivity index (χ0n) is 10.9. The van der Waals surface area contributed by atoms with Gasteiger partial charge in [-0.1, -0.05) is 0 Å². The second-order valence-electron chi connectivity index (χ2n) is 5.15. The molecule has 0 radical (unpaired) electrons. The van der Waals surface area contributed by atoms with Crippen molar-refractivity contribution in [1.82, 2.24) is 9.80 Å². The Morgan fingerprint density at radius 2 is 2.12 bits per heavy atom. The molecule has 2 N–H and O–H groups in total. The van der Waals surface area contributed by atoms with Crippen molar-refractivity contribution in [3.8, 4) is 0 Å². The third-order valence-corrected chi connectivity index (χ3v) is 3.43. The first-order valence-electron chi connectivity index (χ1n) is 6.19. The molecule has 0 spiro atoms. The molecule has 1 aliphatic heterocycles. The maximum absolute atomic E-state index is 11.9. The highest BCUT2D eigenvalue weighted by Crippen LogP contribution is 2.19. The van der Waals surface area contributed by atoms with Crippen LogP contribution < -0.4 is 5.73 Å². The number of hydrogen-bond donors (Lipinski definition) is 1. The summed E-state index contributed by atoms with van der Waals surface area (Å²) in [6.07, 6.45) is 2.21. The molecule has 0 aliphatic carbocycles. The Hall–Kier alpha value is -0.610. The molecule has 16 heavy (non-hydrogen) atoms. The number of likely N-dealkylation sites (N-methyl/N-ethyl adjacent to an activating group) is 1. The molecule has 1 unspecified atom stereocenters. The minimum atomic E-state index is -0.370. The third-order valence-electron chi connectivity index (χ3n) is 3.43. The van der Waals surface area contributed by atoms with Gasteiger partial charge in [-0.15, -0.1) is 0 Å². The first-order chi connectivity index (χ1) is 7.43. The van der Waals surface area contributed by atoms with Crippen LogP contribution in [-0.4, -0.2) is 54.0 Å². The molecule has 1 fully saturated rings. The van der Waals surface area contributed by atoms with Crippen LogP contribution in [0.2, 0.25) is 0 Å². The predicted molar refractivity (Wildman–Crippen MR) is 66.2 cm³/mol. The molecule has 0 aromatic rings. The Morgan fingerprint density at radius 3 is 2.62 bits per heavy atom. The molecule has 4 heteroatoms. The normalized spacial score (nSPS) is 23.2. The number of carbonyl (C=O) groups excluding carboxylic acids is 1. The highest BCUT2D eigenvalue weighted by molar-refractivity contribution is 5.81. The van der Waals surface area contributed by atoms with Gasteiger partial charge in [0, 0.05) is 25.2 Å². The van der Waals surface area contributed by atoms with Crippen molar-refractivity contribution in [3.63, 3.8) is 0 Å². The Balaban J connectivity index is 2.56. The van der Waals surface area contributed by atoms with Crippen molar-refractivity contribution in [2.75, 3.05) is 20.1 Å². The monoisotopic (exact) mass is 227 g/mol. The Bertz CT molecular complexity index is 240. The molecule has 0 saturated carbocycles. The zero-order valence-corrected chi connectivity index (χ0v) is 10.9. The van der Waals surface area contributed by atoms with E-state index in [1.807, 2.05) is 4.90 Å². The minimum Gasteiger partial charge on any atom is -0.337 e. The number of amides is 1. The Morgan fingerprint density at radius 1 is 1.50 bits per heavy atom. The molecule has 4 nitrogen and oxygen atoms in total. The van der Waals surface area contributed by atoms with Crippen LogP contribution in [0.15, 0.2) is 0 Å². The van der Waals surface area contributed by atoms with Crippen molar-refractivity contribution in [2.45, 2.75) is 51.7 Å². The maximum Gasteiger partial charge on any atom is 0.239 e. The van der Waals surface area contributed by atoms with Crippen molar-refractivity contribution in [2.24, 2.45) is 5.73 Å². The van der Waals surface area contributed by atoms with E-state index in [0.717, 1.165) is 25.9 Å². The molecule has 0 aromatic heterocycles. The van der Waals surface area contributed by atoms with Crippen molar-refractivity contribution in [1.29, 1.82) is 0 Å². The number of nitrogens with zero attached hydrogens (tertiary/aromatic N) is 2. The van der Waals surface area contributed by atoms with Gasteiger partial charge in [-0.2, -0.15) is 0 Å². The van der Waals surface area contributed by atoms with Gasteiger partial charge < -0.3 is 15.5 Å². The highest BCUT2D eigenvalue weighted by atomic mass is 16.2. The van der Waals surface area contributed by atoms with Gasteiger partial charge >= 0.3 is 0 Å². The second kappa shape index (κ2) is 5.64. The summed E-state index contributed by atoms with van der Waals surface area (Å²) in [7, 11) is 2.11. The Labute approximate surface area is 98.8 Å². The minimum absolute atomic E-state index is 0.0969. The molecule has 0 aromatic carbocycles. The molecule has 1 amide bonds. The summed E-state index contributed by atoms with van der Waals surface area (Å²) in [5, 5.41) is 0. The van der Waals surface area contributed by atoms with Crippen LogP contribution in [0.4, 0.5) is 0 Å². The second-order valence-corrected chi connectivity index (χ2v) is 5.15. The molecule has 2 atom stereocenters. The number of hydrogen-bond acceptors (Lipinski definition) is 3. The highest BCUT2D eigenvalue weighted by Gasteiger charge is 2.30. The van der Waals surface area contributed by atoms with E-state index in [0.29, 0.717) is 12.1 Å². The topological polar surface area (TPSA) is 49.6 Å².